The van der Waals surface area contributed by atoms with Crippen molar-refractivity contribution < 1.29 is 21.6 Å². The van der Waals surface area contributed by atoms with Gasteiger partial charge >= 0.3 is 10.2 Å². The average Bonchev–Trinajstić information content (AvgIpc) is 3.24. The first-order valence-corrected chi connectivity index (χ1v) is 16.7. The molecule has 1 heterocycles. The van der Waals surface area contributed by atoms with Crippen molar-refractivity contribution in [3.8, 4) is 5.75 Å². The molecule has 13 heteroatoms. The Labute approximate surface area is 247 Å². The lowest BCUT2D eigenvalue weighted by Gasteiger charge is -2.20. The molecule has 0 spiro atoms. The highest BCUT2D eigenvalue weighted by atomic mass is 32.2. The molecule has 11 nitrogen and oxygen atoms in total. The summed E-state index contributed by atoms with van der Waals surface area (Å²) in [6, 6.07) is 23.1. The summed E-state index contributed by atoms with van der Waals surface area (Å²) in [5.41, 5.74) is 4.18. The van der Waals surface area contributed by atoms with Crippen LogP contribution in [0.25, 0.3) is 0 Å². The Morgan fingerprint density at radius 1 is 1.00 bits per heavy atom. The van der Waals surface area contributed by atoms with E-state index in [0.29, 0.717) is 30.3 Å². The van der Waals surface area contributed by atoms with Crippen LogP contribution in [0.3, 0.4) is 0 Å². The van der Waals surface area contributed by atoms with Crippen molar-refractivity contribution in [2.45, 2.75) is 38.8 Å². The number of hydrogen-bond acceptors (Lipinski definition) is 8. The van der Waals surface area contributed by atoms with Crippen LogP contribution in [0.15, 0.2) is 82.2 Å². The van der Waals surface area contributed by atoms with E-state index in [4.69, 9.17) is 4.74 Å². The molecular formula is C29H36N6O5S2. The molecule has 1 aliphatic heterocycles. The summed E-state index contributed by atoms with van der Waals surface area (Å²) in [4.78, 5) is 3.91. The zero-order valence-corrected chi connectivity index (χ0v) is 25.6. The molecule has 0 bridgehead atoms. The predicted octanol–water partition coefficient (Wildman–Crippen LogP) is 3.65. The van der Waals surface area contributed by atoms with E-state index in [0.717, 1.165) is 29.4 Å². The zero-order valence-electron chi connectivity index (χ0n) is 24.0. The van der Waals surface area contributed by atoms with Crippen molar-refractivity contribution in [2.75, 3.05) is 29.9 Å². The van der Waals surface area contributed by atoms with E-state index in [-0.39, 0.29) is 23.6 Å². The molecule has 1 aliphatic rings. The highest BCUT2D eigenvalue weighted by Crippen LogP contribution is 2.30. The Balaban J connectivity index is 1.33. The third-order valence-electron chi connectivity index (χ3n) is 6.52. The van der Waals surface area contributed by atoms with Crippen LogP contribution in [0.5, 0.6) is 5.75 Å². The van der Waals surface area contributed by atoms with E-state index in [1.165, 1.54) is 7.05 Å². The first kappa shape index (κ1) is 31.0. The Hall–Kier alpha value is -3.94. The number of hydrogen-bond donors (Lipinski definition) is 4. The molecular weight excluding hydrogens is 576 g/mol. The third kappa shape index (κ3) is 9.03. The molecule has 0 radical (unpaired) electrons. The zero-order chi connectivity index (χ0) is 30.3. The fraction of sp³-hybridized carbons (Fsp3) is 0.310. The van der Waals surface area contributed by atoms with Gasteiger partial charge in [0.1, 0.15) is 12.4 Å². The molecule has 0 fully saturated rings. The highest BCUT2D eigenvalue weighted by molar-refractivity contribution is 7.92. The van der Waals surface area contributed by atoms with Crippen LogP contribution in [0, 0.1) is 0 Å². The number of rotatable bonds is 12. The smallest absolute Gasteiger partial charge is 0.345 e. The lowest BCUT2D eigenvalue weighted by atomic mass is 9.99. The van der Waals surface area contributed by atoms with E-state index in [2.05, 4.69) is 43.3 Å². The molecule has 2 atom stereocenters. The molecule has 0 saturated carbocycles. The molecule has 224 valence electrons. The van der Waals surface area contributed by atoms with E-state index in [9.17, 15) is 16.8 Å². The standard InChI is InChI=1S/C29H36N6O5S2/c1-20(24-12-15-27(26(17-24)33-41(4,36)37)40-19-23-8-6-5-7-9-23)18-31-21(2)16-22-10-13-25(14-11-22)32-29-28(30-3)34-42(38,39)35-29/h5-15,17,20-21,31,33H,16,18-19H2,1-4H3,(H,30,34)(H,32,35). The Morgan fingerprint density at radius 3 is 2.38 bits per heavy atom. The Morgan fingerprint density at radius 2 is 1.71 bits per heavy atom. The number of sulfonamides is 1. The summed E-state index contributed by atoms with van der Waals surface area (Å²) in [6.45, 7) is 5.19. The molecule has 4 rings (SSSR count). The minimum absolute atomic E-state index is 0.105. The minimum atomic E-state index is -3.76. The summed E-state index contributed by atoms with van der Waals surface area (Å²) in [5, 5.41) is 6.54. The van der Waals surface area contributed by atoms with E-state index >= 15 is 0 Å². The van der Waals surface area contributed by atoms with Gasteiger partial charge in [0.25, 0.3) is 0 Å². The average molecular weight is 613 g/mol. The topological polar surface area (TPSA) is 150 Å². The molecule has 3 aromatic rings. The van der Waals surface area contributed by atoms with Gasteiger partial charge in [0.2, 0.25) is 10.0 Å². The summed E-state index contributed by atoms with van der Waals surface area (Å²) >= 11 is 0. The summed E-state index contributed by atoms with van der Waals surface area (Å²) in [5.74, 6) is 0.893. The number of nitrogens with zero attached hydrogens (tertiary/aromatic N) is 2. The maximum absolute atomic E-state index is 12.0. The molecule has 0 aromatic heterocycles. The first-order chi connectivity index (χ1) is 19.9. The predicted molar refractivity (Wildman–Crippen MR) is 168 cm³/mol. The number of amidine groups is 2. The number of nitrogens with one attached hydrogen (secondary N) is 4. The van der Waals surface area contributed by atoms with Crippen LogP contribution < -0.4 is 24.8 Å². The Bertz CT molecular complexity index is 1660. The van der Waals surface area contributed by atoms with Crippen molar-refractivity contribution >= 4 is 43.3 Å². The molecule has 0 amide bonds. The number of ether oxygens (including phenoxy) is 1. The van der Waals surface area contributed by atoms with Gasteiger partial charge in [0, 0.05) is 25.3 Å². The molecule has 0 aliphatic carbocycles. The summed E-state index contributed by atoms with van der Waals surface area (Å²) < 4.78 is 61.9. The van der Waals surface area contributed by atoms with Gasteiger partial charge in [-0.25, -0.2) is 13.1 Å². The van der Waals surface area contributed by atoms with Crippen LogP contribution in [-0.2, 0) is 33.3 Å². The van der Waals surface area contributed by atoms with Gasteiger partial charge < -0.3 is 15.4 Å². The van der Waals surface area contributed by atoms with Gasteiger partial charge in [-0.1, -0.05) is 55.5 Å². The second-order valence-corrected chi connectivity index (χ2v) is 13.3. The monoisotopic (exact) mass is 612 g/mol. The van der Waals surface area contributed by atoms with E-state index in [1.807, 2.05) is 66.7 Å². The third-order valence-corrected chi connectivity index (χ3v) is 7.99. The largest absolute Gasteiger partial charge is 0.487 e. The fourth-order valence-corrected chi connectivity index (χ4v) is 5.78. The summed E-state index contributed by atoms with van der Waals surface area (Å²) in [6.07, 6.45) is 1.90. The highest BCUT2D eigenvalue weighted by Gasteiger charge is 2.25. The quantitative estimate of drug-likeness (QED) is 0.244. The van der Waals surface area contributed by atoms with Crippen LogP contribution in [-0.4, -0.2) is 54.4 Å². The second-order valence-electron chi connectivity index (χ2n) is 10.2. The van der Waals surface area contributed by atoms with Gasteiger partial charge in [-0.15, -0.1) is 4.40 Å². The number of anilines is 2. The van der Waals surface area contributed by atoms with Crippen molar-refractivity contribution in [1.82, 2.24) is 10.0 Å². The lowest BCUT2D eigenvalue weighted by Crippen LogP contribution is -2.31. The van der Waals surface area contributed by atoms with E-state index in [1.54, 1.807) is 6.07 Å². The Kier molecular flexibility index (Phi) is 9.86. The SMILES string of the molecule is CN=C1NS(=O)(=O)N=C1Nc1ccc(CC(C)NCC(C)c2ccc(OCc3ccccc3)c(NS(C)(=O)=O)c2)cc1. The van der Waals surface area contributed by atoms with Crippen LogP contribution in [0.1, 0.15) is 36.5 Å². The lowest BCUT2D eigenvalue weighted by molar-refractivity contribution is 0.308. The van der Waals surface area contributed by atoms with Crippen LogP contribution in [0.2, 0.25) is 0 Å². The summed E-state index contributed by atoms with van der Waals surface area (Å²) in [7, 11) is -5.77. The van der Waals surface area contributed by atoms with Gasteiger partial charge in [0.05, 0.1) is 11.9 Å². The number of benzene rings is 3. The maximum Gasteiger partial charge on any atom is 0.345 e. The van der Waals surface area contributed by atoms with E-state index < -0.39 is 20.2 Å². The fourth-order valence-electron chi connectivity index (χ4n) is 4.37. The molecule has 2 unspecified atom stereocenters. The number of aliphatic imine (C=N–C) groups is 1. The van der Waals surface area contributed by atoms with Crippen molar-refractivity contribution in [1.29, 1.82) is 0 Å². The van der Waals surface area contributed by atoms with Crippen molar-refractivity contribution in [3.05, 3.63) is 89.5 Å². The van der Waals surface area contributed by atoms with Gasteiger partial charge in [-0.05, 0) is 60.2 Å². The van der Waals surface area contributed by atoms with Crippen molar-refractivity contribution in [2.24, 2.45) is 9.39 Å². The van der Waals surface area contributed by atoms with Crippen molar-refractivity contribution in [3.63, 3.8) is 0 Å². The molecule has 42 heavy (non-hydrogen) atoms. The minimum Gasteiger partial charge on any atom is -0.487 e. The van der Waals surface area contributed by atoms with Gasteiger partial charge in [-0.3, -0.25) is 9.71 Å². The molecule has 0 saturated heterocycles. The molecule has 4 N–H and O–H groups in total. The second kappa shape index (κ2) is 13.4. The van der Waals surface area contributed by atoms with Crippen LogP contribution in [0.4, 0.5) is 11.4 Å². The molecule has 3 aromatic carbocycles. The van der Waals surface area contributed by atoms with Crippen LogP contribution >= 0.6 is 0 Å². The van der Waals surface area contributed by atoms with Gasteiger partial charge in [0.15, 0.2) is 11.7 Å². The normalized spacial score (nSPS) is 16.8. The maximum atomic E-state index is 12.0. The first-order valence-electron chi connectivity index (χ1n) is 13.4. The van der Waals surface area contributed by atoms with Gasteiger partial charge in [-0.2, -0.15) is 8.42 Å².